The zero-order valence-electron chi connectivity index (χ0n) is 17.5. The summed E-state index contributed by atoms with van der Waals surface area (Å²) in [7, 11) is 0. The van der Waals surface area contributed by atoms with Gasteiger partial charge in [0.2, 0.25) is 0 Å². The molecular formula is C21H41NO4. The number of ether oxygens (including phenoxy) is 2. The van der Waals surface area contributed by atoms with E-state index in [0.717, 1.165) is 12.8 Å². The Bertz CT molecular complexity index is 377. The zero-order chi connectivity index (χ0) is 19.8. The number of hydrogen-bond donors (Lipinski definition) is 1. The number of hydrogen-bond acceptors (Lipinski definition) is 5. The van der Waals surface area contributed by atoms with Crippen molar-refractivity contribution in [2.24, 2.45) is 5.73 Å². The highest BCUT2D eigenvalue weighted by molar-refractivity contribution is 5.85. The van der Waals surface area contributed by atoms with Crippen molar-refractivity contribution >= 4 is 12.1 Å². The number of unbranched alkanes of at least 4 members (excludes halogenated alkanes) is 11. The van der Waals surface area contributed by atoms with E-state index in [-0.39, 0.29) is 0 Å². The summed E-state index contributed by atoms with van der Waals surface area (Å²) < 4.78 is 9.56. The van der Waals surface area contributed by atoms with Gasteiger partial charge in [0.05, 0.1) is 0 Å². The number of esters is 1. The van der Waals surface area contributed by atoms with Gasteiger partial charge in [-0.3, -0.25) is 0 Å². The van der Waals surface area contributed by atoms with Gasteiger partial charge in [-0.05, 0) is 27.2 Å². The van der Waals surface area contributed by atoms with Crippen molar-refractivity contribution in [1.29, 1.82) is 0 Å². The van der Waals surface area contributed by atoms with Gasteiger partial charge in [0, 0.05) is 0 Å². The summed E-state index contributed by atoms with van der Waals surface area (Å²) in [5.41, 5.74) is 5.09. The smallest absolute Gasteiger partial charge is 0.428 e. The fourth-order valence-corrected chi connectivity index (χ4v) is 2.75. The minimum absolute atomic E-state index is 0.541. The summed E-state index contributed by atoms with van der Waals surface area (Å²) >= 11 is 0. The third kappa shape index (κ3) is 16.4. The first-order valence-electron chi connectivity index (χ1n) is 10.5. The highest BCUT2D eigenvalue weighted by Crippen LogP contribution is 2.13. The van der Waals surface area contributed by atoms with Crippen molar-refractivity contribution < 1.29 is 19.1 Å². The Morgan fingerprint density at radius 2 is 1.23 bits per heavy atom. The average molecular weight is 372 g/mol. The lowest BCUT2D eigenvalue weighted by atomic mass is 10.0. The number of carbonyl (C=O) groups excluding carboxylic acids is 2. The summed E-state index contributed by atoms with van der Waals surface area (Å²) in [5, 5.41) is 0. The van der Waals surface area contributed by atoms with E-state index in [2.05, 4.69) is 11.7 Å². The maximum absolute atomic E-state index is 11.7. The van der Waals surface area contributed by atoms with Crippen LogP contribution in [0.4, 0.5) is 4.79 Å². The van der Waals surface area contributed by atoms with Crippen LogP contribution in [0, 0.1) is 0 Å². The second-order valence-electron chi connectivity index (χ2n) is 8.17. The maximum Gasteiger partial charge on any atom is 0.516 e. The number of nitrogens with two attached hydrogens (primary N) is 1. The lowest BCUT2D eigenvalue weighted by Gasteiger charge is -2.19. The minimum atomic E-state index is -0.979. The molecule has 0 spiro atoms. The van der Waals surface area contributed by atoms with Crippen LogP contribution in [0.25, 0.3) is 0 Å². The van der Waals surface area contributed by atoms with E-state index in [0.29, 0.717) is 6.42 Å². The van der Waals surface area contributed by atoms with Crippen molar-refractivity contribution in [3.63, 3.8) is 0 Å². The van der Waals surface area contributed by atoms with E-state index >= 15 is 0 Å². The first kappa shape index (κ1) is 24.9. The highest BCUT2D eigenvalue weighted by atomic mass is 16.7. The van der Waals surface area contributed by atoms with Gasteiger partial charge < -0.3 is 15.2 Å². The molecule has 0 radical (unpaired) electrons. The van der Waals surface area contributed by atoms with Crippen LogP contribution in [0.1, 0.15) is 111 Å². The second kappa shape index (κ2) is 15.0. The SMILES string of the molecule is CCCCCCCCCCCCCCC(N)C(=O)OC(=O)OC(C)(C)C. The molecule has 0 rings (SSSR count). The van der Waals surface area contributed by atoms with Gasteiger partial charge >= 0.3 is 12.1 Å². The van der Waals surface area contributed by atoms with Gasteiger partial charge in [0.1, 0.15) is 11.6 Å². The van der Waals surface area contributed by atoms with Crippen LogP contribution < -0.4 is 5.73 Å². The molecule has 0 aliphatic carbocycles. The Morgan fingerprint density at radius 3 is 1.65 bits per heavy atom. The van der Waals surface area contributed by atoms with Crippen LogP contribution in [0.15, 0.2) is 0 Å². The molecule has 0 aromatic heterocycles. The Morgan fingerprint density at radius 1 is 0.808 bits per heavy atom. The lowest BCUT2D eigenvalue weighted by molar-refractivity contribution is -0.143. The maximum atomic E-state index is 11.7. The zero-order valence-corrected chi connectivity index (χ0v) is 17.5. The lowest BCUT2D eigenvalue weighted by Crippen LogP contribution is -2.35. The summed E-state index contributed by atoms with van der Waals surface area (Å²) in [4.78, 5) is 23.2. The molecule has 5 nitrogen and oxygen atoms in total. The standard InChI is InChI=1S/C21H41NO4/c1-5-6-7-8-9-10-11-12-13-14-15-16-17-18(22)19(23)25-20(24)26-21(2,3)4/h18H,5-17,22H2,1-4H3. The molecule has 1 atom stereocenters. The van der Waals surface area contributed by atoms with Crippen molar-refractivity contribution in [3.8, 4) is 0 Å². The third-order valence-electron chi connectivity index (χ3n) is 4.24. The first-order chi connectivity index (χ1) is 12.3. The molecule has 154 valence electrons. The van der Waals surface area contributed by atoms with Crippen molar-refractivity contribution in [1.82, 2.24) is 0 Å². The van der Waals surface area contributed by atoms with Gasteiger partial charge in [-0.15, -0.1) is 0 Å². The molecule has 26 heavy (non-hydrogen) atoms. The second-order valence-corrected chi connectivity index (χ2v) is 8.17. The highest BCUT2D eigenvalue weighted by Gasteiger charge is 2.23. The quantitative estimate of drug-likeness (QED) is 0.234. The van der Waals surface area contributed by atoms with Gasteiger partial charge in [-0.1, -0.05) is 84.0 Å². The molecule has 0 bridgehead atoms. The molecule has 0 fully saturated rings. The molecule has 0 aliphatic heterocycles. The molecular weight excluding hydrogens is 330 g/mol. The van der Waals surface area contributed by atoms with Crippen LogP contribution in [-0.4, -0.2) is 23.8 Å². The van der Waals surface area contributed by atoms with Gasteiger partial charge in [-0.2, -0.15) is 0 Å². The van der Waals surface area contributed by atoms with E-state index in [4.69, 9.17) is 10.5 Å². The van der Waals surface area contributed by atoms with Crippen LogP contribution in [0.3, 0.4) is 0 Å². The van der Waals surface area contributed by atoms with Gasteiger partial charge in [0.15, 0.2) is 0 Å². The van der Waals surface area contributed by atoms with Crippen LogP contribution in [0.2, 0.25) is 0 Å². The molecule has 0 amide bonds. The van der Waals surface area contributed by atoms with Crippen LogP contribution in [-0.2, 0) is 14.3 Å². The Kier molecular flexibility index (Phi) is 14.4. The fraction of sp³-hybridized carbons (Fsp3) is 0.905. The molecule has 0 saturated carbocycles. The average Bonchev–Trinajstić information content (AvgIpc) is 2.53. The third-order valence-corrected chi connectivity index (χ3v) is 4.24. The fourth-order valence-electron chi connectivity index (χ4n) is 2.75. The van der Waals surface area contributed by atoms with E-state index in [1.807, 2.05) is 0 Å². The Balaban J connectivity index is 3.52. The van der Waals surface area contributed by atoms with Crippen molar-refractivity contribution in [3.05, 3.63) is 0 Å². The molecule has 0 heterocycles. The van der Waals surface area contributed by atoms with E-state index in [1.165, 1.54) is 64.2 Å². The minimum Gasteiger partial charge on any atom is -0.428 e. The first-order valence-corrected chi connectivity index (χ1v) is 10.5. The van der Waals surface area contributed by atoms with Crippen molar-refractivity contribution in [2.75, 3.05) is 0 Å². The summed E-state index contributed by atoms with van der Waals surface area (Å²) in [6.07, 6.45) is 14.7. The predicted molar refractivity (Wildman–Crippen MR) is 106 cm³/mol. The number of rotatable bonds is 14. The monoisotopic (exact) mass is 371 g/mol. The Hall–Kier alpha value is -1.10. The normalized spacial score (nSPS) is 12.7. The Labute approximate surface area is 160 Å². The summed E-state index contributed by atoms with van der Waals surface area (Å²) in [6, 6.07) is -0.759. The molecule has 0 aromatic carbocycles. The summed E-state index contributed by atoms with van der Waals surface area (Å²) in [6.45, 7) is 7.39. The summed E-state index contributed by atoms with van der Waals surface area (Å²) in [5.74, 6) is -0.706. The van der Waals surface area contributed by atoms with E-state index in [9.17, 15) is 9.59 Å². The van der Waals surface area contributed by atoms with Crippen LogP contribution in [0.5, 0.6) is 0 Å². The van der Waals surface area contributed by atoms with Crippen molar-refractivity contribution in [2.45, 2.75) is 123 Å². The topological polar surface area (TPSA) is 78.6 Å². The molecule has 1 unspecified atom stereocenters. The predicted octanol–water partition coefficient (Wildman–Crippen LogP) is 5.88. The molecule has 0 aromatic rings. The molecule has 2 N–H and O–H groups in total. The molecule has 0 aliphatic rings. The van der Waals surface area contributed by atoms with Crippen LogP contribution >= 0.6 is 0 Å². The van der Waals surface area contributed by atoms with Gasteiger partial charge in [0.25, 0.3) is 0 Å². The molecule has 5 heteroatoms. The van der Waals surface area contributed by atoms with E-state index < -0.39 is 23.8 Å². The number of carbonyl (C=O) groups is 2. The molecule has 0 saturated heterocycles. The van der Waals surface area contributed by atoms with Gasteiger partial charge in [-0.25, -0.2) is 9.59 Å². The van der Waals surface area contributed by atoms with E-state index in [1.54, 1.807) is 20.8 Å². The largest absolute Gasteiger partial charge is 0.516 e.